The Hall–Kier alpha value is -1.16. The van der Waals surface area contributed by atoms with E-state index < -0.39 is 0 Å². The van der Waals surface area contributed by atoms with Crippen LogP contribution in [-0.2, 0) is 11.2 Å². The average molecular weight is 154 g/mol. The second kappa shape index (κ2) is 3.88. The van der Waals surface area contributed by atoms with Gasteiger partial charge in [-0.25, -0.2) is 4.98 Å². The standard InChI is InChI=1S/C7H10N2O2/c1-11-3-2-6-4-8-5-9-7(6)10/h4-5H,2-3H2,1H3,(H,8,9,10). The van der Waals surface area contributed by atoms with Crippen molar-refractivity contribution in [2.75, 3.05) is 13.7 Å². The highest BCUT2D eigenvalue weighted by molar-refractivity contribution is 5.02. The Morgan fingerprint density at radius 2 is 2.55 bits per heavy atom. The van der Waals surface area contributed by atoms with Crippen molar-refractivity contribution in [3.05, 3.63) is 28.4 Å². The van der Waals surface area contributed by atoms with Crippen LogP contribution in [0.4, 0.5) is 0 Å². The van der Waals surface area contributed by atoms with Gasteiger partial charge in [0.25, 0.3) is 5.56 Å². The lowest BCUT2D eigenvalue weighted by atomic mass is 10.2. The molecule has 0 aliphatic rings. The Labute approximate surface area is 64.2 Å². The van der Waals surface area contributed by atoms with Gasteiger partial charge in [-0.1, -0.05) is 0 Å². The maximum atomic E-state index is 11.0. The Morgan fingerprint density at radius 1 is 1.73 bits per heavy atom. The van der Waals surface area contributed by atoms with E-state index in [-0.39, 0.29) is 5.56 Å². The number of methoxy groups -OCH3 is 1. The minimum absolute atomic E-state index is 0.0861. The van der Waals surface area contributed by atoms with Gasteiger partial charge in [0.2, 0.25) is 0 Å². The van der Waals surface area contributed by atoms with E-state index in [4.69, 9.17) is 4.74 Å². The molecule has 0 aliphatic carbocycles. The van der Waals surface area contributed by atoms with Crippen molar-refractivity contribution in [1.82, 2.24) is 9.97 Å². The summed E-state index contributed by atoms with van der Waals surface area (Å²) in [4.78, 5) is 17.2. The maximum absolute atomic E-state index is 11.0. The zero-order valence-corrected chi connectivity index (χ0v) is 6.33. The highest BCUT2D eigenvalue weighted by atomic mass is 16.5. The molecule has 1 N–H and O–H groups in total. The first-order valence-electron chi connectivity index (χ1n) is 3.35. The van der Waals surface area contributed by atoms with Crippen molar-refractivity contribution in [3.63, 3.8) is 0 Å². The summed E-state index contributed by atoms with van der Waals surface area (Å²) in [5.74, 6) is 0. The average Bonchev–Trinajstić information content (AvgIpc) is 2.03. The molecule has 60 valence electrons. The number of hydrogen-bond acceptors (Lipinski definition) is 3. The van der Waals surface area contributed by atoms with Gasteiger partial charge < -0.3 is 9.72 Å². The normalized spacial score (nSPS) is 9.91. The SMILES string of the molecule is COCCc1cnc[nH]c1=O. The van der Waals surface area contributed by atoms with Gasteiger partial charge in [0, 0.05) is 25.3 Å². The number of rotatable bonds is 3. The van der Waals surface area contributed by atoms with Crippen LogP contribution in [0, 0.1) is 0 Å². The van der Waals surface area contributed by atoms with Crippen molar-refractivity contribution in [2.24, 2.45) is 0 Å². The lowest BCUT2D eigenvalue weighted by molar-refractivity contribution is 0.202. The van der Waals surface area contributed by atoms with E-state index >= 15 is 0 Å². The van der Waals surface area contributed by atoms with Gasteiger partial charge in [0.05, 0.1) is 12.9 Å². The number of hydrogen-bond donors (Lipinski definition) is 1. The molecule has 0 aliphatic heterocycles. The molecule has 0 fully saturated rings. The number of nitrogens with one attached hydrogen (secondary N) is 1. The summed E-state index contributed by atoms with van der Waals surface area (Å²) >= 11 is 0. The summed E-state index contributed by atoms with van der Waals surface area (Å²) < 4.78 is 4.82. The summed E-state index contributed by atoms with van der Waals surface area (Å²) in [6.45, 7) is 0.550. The Kier molecular flexibility index (Phi) is 2.80. The molecule has 11 heavy (non-hydrogen) atoms. The van der Waals surface area contributed by atoms with E-state index in [1.807, 2.05) is 0 Å². The first-order chi connectivity index (χ1) is 5.34. The van der Waals surface area contributed by atoms with Crippen LogP contribution >= 0.6 is 0 Å². The predicted molar refractivity (Wildman–Crippen MR) is 40.4 cm³/mol. The Balaban J connectivity index is 2.70. The van der Waals surface area contributed by atoms with Gasteiger partial charge in [-0.15, -0.1) is 0 Å². The van der Waals surface area contributed by atoms with E-state index in [9.17, 15) is 4.79 Å². The molecule has 4 nitrogen and oxygen atoms in total. The fraction of sp³-hybridized carbons (Fsp3) is 0.429. The number of aromatic nitrogens is 2. The molecule has 0 atom stereocenters. The summed E-state index contributed by atoms with van der Waals surface area (Å²) in [7, 11) is 1.60. The second-order valence-corrected chi connectivity index (χ2v) is 2.15. The molecular formula is C7H10N2O2. The number of ether oxygens (including phenoxy) is 1. The molecule has 1 heterocycles. The smallest absolute Gasteiger partial charge is 0.253 e. The first-order valence-corrected chi connectivity index (χ1v) is 3.35. The summed E-state index contributed by atoms with van der Waals surface area (Å²) in [5, 5.41) is 0. The topological polar surface area (TPSA) is 55.0 Å². The van der Waals surface area contributed by atoms with Crippen molar-refractivity contribution >= 4 is 0 Å². The van der Waals surface area contributed by atoms with E-state index in [0.29, 0.717) is 18.6 Å². The quantitative estimate of drug-likeness (QED) is 0.664. The molecule has 1 aromatic heterocycles. The van der Waals surface area contributed by atoms with Gasteiger partial charge in [-0.2, -0.15) is 0 Å². The van der Waals surface area contributed by atoms with Crippen LogP contribution in [0.15, 0.2) is 17.3 Å². The Morgan fingerprint density at radius 3 is 3.18 bits per heavy atom. The van der Waals surface area contributed by atoms with Gasteiger partial charge in [0.1, 0.15) is 0 Å². The predicted octanol–water partition coefficient (Wildman–Crippen LogP) is -0.0412. The molecule has 0 unspecified atom stereocenters. The molecule has 0 amide bonds. The van der Waals surface area contributed by atoms with Crippen molar-refractivity contribution < 1.29 is 4.74 Å². The third-order valence-corrected chi connectivity index (χ3v) is 1.37. The summed E-state index contributed by atoms with van der Waals surface area (Å²) in [6, 6.07) is 0. The molecule has 0 bridgehead atoms. The monoisotopic (exact) mass is 154 g/mol. The van der Waals surface area contributed by atoms with Crippen molar-refractivity contribution in [1.29, 1.82) is 0 Å². The highest BCUT2D eigenvalue weighted by Crippen LogP contribution is 1.87. The first kappa shape index (κ1) is 7.94. The van der Waals surface area contributed by atoms with Gasteiger partial charge >= 0.3 is 0 Å². The number of H-pyrrole nitrogens is 1. The number of nitrogens with zero attached hydrogens (tertiary/aromatic N) is 1. The van der Waals surface area contributed by atoms with Gasteiger partial charge in [-0.3, -0.25) is 4.79 Å². The molecule has 1 rings (SSSR count). The minimum Gasteiger partial charge on any atom is -0.384 e. The summed E-state index contributed by atoms with van der Waals surface area (Å²) in [6.07, 6.45) is 3.54. The molecular weight excluding hydrogens is 144 g/mol. The molecule has 0 radical (unpaired) electrons. The van der Waals surface area contributed by atoms with Crippen LogP contribution in [0.5, 0.6) is 0 Å². The molecule has 0 saturated carbocycles. The van der Waals surface area contributed by atoms with Crippen LogP contribution in [0.25, 0.3) is 0 Å². The van der Waals surface area contributed by atoms with Crippen LogP contribution in [0.2, 0.25) is 0 Å². The third-order valence-electron chi connectivity index (χ3n) is 1.37. The van der Waals surface area contributed by atoms with E-state index in [1.165, 1.54) is 6.33 Å². The molecule has 0 spiro atoms. The molecule has 1 aromatic rings. The largest absolute Gasteiger partial charge is 0.384 e. The van der Waals surface area contributed by atoms with Crippen LogP contribution in [0.3, 0.4) is 0 Å². The van der Waals surface area contributed by atoms with E-state index in [0.717, 1.165) is 0 Å². The zero-order chi connectivity index (χ0) is 8.10. The van der Waals surface area contributed by atoms with Crippen LogP contribution in [-0.4, -0.2) is 23.7 Å². The van der Waals surface area contributed by atoms with Crippen LogP contribution in [0.1, 0.15) is 5.56 Å². The van der Waals surface area contributed by atoms with Gasteiger partial charge in [0.15, 0.2) is 0 Å². The lowest BCUT2D eigenvalue weighted by Gasteiger charge is -1.96. The molecule has 0 saturated heterocycles. The third kappa shape index (κ3) is 2.16. The minimum atomic E-state index is -0.0861. The van der Waals surface area contributed by atoms with E-state index in [1.54, 1.807) is 13.3 Å². The second-order valence-electron chi connectivity index (χ2n) is 2.15. The zero-order valence-electron chi connectivity index (χ0n) is 6.33. The van der Waals surface area contributed by atoms with Crippen molar-refractivity contribution in [3.8, 4) is 0 Å². The molecule has 0 aromatic carbocycles. The maximum Gasteiger partial charge on any atom is 0.253 e. The summed E-state index contributed by atoms with van der Waals surface area (Å²) in [5.41, 5.74) is 0.575. The fourth-order valence-electron chi connectivity index (χ4n) is 0.765. The fourth-order valence-corrected chi connectivity index (χ4v) is 0.765. The number of aromatic amines is 1. The van der Waals surface area contributed by atoms with Crippen LogP contribution < -0.4 is 5.56 Å². The molecule has 4 heteroatoms. The van der Waals surface area contributed by atoms with Gasteiger partial charge in [-0.05, 0) is 0 Å². The van der Waals surface area contributed by atoms with E-state index in [2.05, 4.69) is 9.97 Å². The lowest BCUT2D eigenvalue weighted by Crippen LogP contribution is -2.13. The highest BCUT2D eigenvalue weighted by Gasteiger charge is 1.96. The Bertz CT molecular complexity index is 269. The van der Waals surface area contributed by atoms with Crippen molar-refractivity contribution in [2.45, 2.75) is 6.42 Å².